The van der Waals surface area contributed by atoms with Crippen LogP contribution in [0.5, 0.6) is 5.75 Å². The summed E-state index contributed by atoms with van der Waals surface area (Å²) in [5.74, 6) is 0.875. The SMILES string of the molecule is NC(=O)C1CC(n2cc(-c3cccc(OCc4ccccc4)c3)c3c(N)ncnc32)C1. The Balaban J connectivity index is 1.48. The largest absolute Gasteiger partial charge is 0.489 e. The maximum atomic E-state index is 11.5. The molecule has 4 aromatic rings. The van der Waals surface area contributed by atoms with Crippen LogP contribution in [0.15, 0.2) is 67.1 Å². The highest BCUT2D eigenvalue weighted by atomic mass is 16.5. The molecule has 0 aliphatic heterocycles. The van der Waals surface area contributed by atoms with Gasteiger partial charge < -0.3 is 20.8 Å². The van der Waals surface area contributed by atoms with Gasteiger partial charge in [-0.3, -0.25) is 4.79 Å². The minimum Gasteiger partial charge on any atom is -0.489 e. The minimum atomic E-state index is -0.245. The van der Waals surface area contributed by atoms with E-state index in [1.54, 1.807) is 0 Å². The number of nitrogens with zero attached hydrogens (tertiary/aromatic N) is 3. The molecule has 1 saturated carbocycles. The fraction of sp³-hybridized carbons (Fsp3) is 0.208. The van der Waals surface area contributed by atoms with Gasteiger partial charge >= 0.3 is 0 Å². The molecule has 7 heteroatoms. The Morgan fingerprint density at radius 2 is 1.90 bits per heavy atom. The van der Waals surface area contributed by atoms with Gasteiger partial charge in [-0.1, -0.05) is 42.5 Å². The number of carbonyl (C=O) groups is 1. The second kappa shape index (κ2) is 7.75. The van der Waals surface area contributed by atoms with Gasteiger partial charge in [0.05, 0.1) is 5.39 Å². The standard InChI is InChI=1S/C24H23N5O2/c25-22-21-20(12-29(24(21)28-14-27-22)18-9-17(10-18)23(26)30)16-7-4-8-19(11-16)31-13-15-5-2-1-3-6-15/h1-8,11-12,14,17-18H,9-10,13H2,(H2,26,30)(H2,25,27,28). The van der Waals surface area contributed by atoms with E-state index in [1.807, 2.05) is 60.8 Å². The van der Waals surface area contributed by atoms with Crippen LogP contribution >= 0.6 is 0 Å². The van der Waals surface area contributed by atoms with Gasteiger partial charge in [0.15, 0.2) is 0 Å². The summed E-state index contributed by atoms with van der Waals surface area (Å²) < 4.78 is 8.10. The Morgan fingerprint density at radius 3 is 2.68 bits per heavy atom. The molecular weight excluding hydrogens is 390 g/mol. The molecule has 1 fully saturated rings. The maximum absolute atomic E-state index is 11.5. The number of ether oxygens (including phenoxy) is 1. The summed E-state index contributed by atoms with van der Waals surface area (Å²) in [7, 11) is 0. The first-order valence-corrected chi connectivity index (χ1v) is 10.3. The molecule has 0 unspecified atom stereocenters. The van der Waals surface area contributed by atoms with E-state index in [1.165, 1.54) is 6.33 Å². The lowest BCUT2D eigenvalue weighted by Gasteiger charge is -2.34. The third kappa shape index (κ3) is 3.59. The molecule has 2 heterocycles. The van der Waals surface area contributed by atoms with Crippen LogP contribution < -0.4 is 16.2 Å². The fourth-order valence-corrected chi connectivity index (χ4v) is 4.15. The molecule has 2 aromatic heterocycles. The smallest absolute Gasteiger partial charge is 0.220 e. The number of hydrogen-bond donors (Lipinski definition) is 2. The molecule has 156 valence electrons. The maximum Gasteiger partial charge on any atom is 0.220 e. The normalized spacial score (nSPS) is 17.9. The van der Waals surface area contributed by atoms with Crippen molar-refractivity contribution in [2.75, 3.05) is 5.73 Å². The van der Waals surface area contributed by atoms with Crippen LogP contribution in [0.25, 0.3) is 22.2 Å². The Hall–Kier alpha value is -3.87. The van der Waals surface area contributed by atoms with Crippen molar-refractivity contribution in [2.45, 2.75) is 25.5 Å². The molecule has 0 bridgehead atoms. The van der Waals surface area contributed by atoms with Gasteiger partial charge in [0.1, 0.15) is 30.1 Å². The molecule has 0 spiro atoms. The van der Waals surface area contributed by atoms with Crippen molar-refractivity contribution < 1.29 is 9.53 Å². The van der Waals surface area contributed by atoms with Crippen molar-refractivity contribution in [1.82, 2.24) is 14.5 Å². The van der Waals surface area contributed by atoms with Gasteiger partial charge in [-0.2, -0.15) is 0 Å². The van der Waals surface area contributed by atoms with E-state index >= 15 is 0 Å². The van der Waals surface area contributed by atoms with Crippen LogP contribution in [0, 0.1) is 5.92 Å². The van der Waals surface area contributed by atoms with Gasteiger partial charge in [-0.05, 0) is 36.1 Å². The third-order valence-corrected chi connectivity index (χ3v) is 5.94. The zero-order valence-corrected chi connectivity index (χ0v) is 16.9. The quantitative estimate of drug-likeness (QED) is 0.501. The molecule has 0 saturated heterocycles. The number of fused-ring (bicyclic) bond motifs is 1. The number of amides is 1. The lowest BCUT2D eigenvalue weighted by atomic mass is 9.79. The molecule has 0 radical (unpaired) electrons. The van der Waals surface area contributed by atoms with Gasteiger partial charge in [0.2, 0.25) is 5.91 Å². The second-order valence-corrected chi connectivity index (χ2v) is 7.93. The average Bonchev–Trinajstić information content (AvgIpc) is 3.13. The third-order valence-electron chi connectivity index (χ3n) is 5.94. The molecule has 4 N–H and O–H groups in total. The zero-order valence-electron chi connectivity index (χ0n) is 16.9. The molecule has 1 aliphatic rings. The number of nitrogen functional groups attached to an aromatic ring is 1. The number of hydrogen-bond acceptors (Lipinski definition) is 5. The van der Waals surface area contributed by atoms with E-state index in [-0.39, 0.29) is 17.9 Å². The summed E-state index contributed by atoms with van der Waals surface area (Å²) in [6.45, 7) is 0.494. The molecule has 1 aliphatic carbocycles. The molecule has 0 atom stereocenters. The minimum absolute atomic E-state index is 0.0835. The van der Waals surface area contributed by atoms with Crippen LogP contribution in [-0.4, -0.2) is 20.4 Å². The Morgan fingerprint density at radius 1 is 1.10 bits per heavy atom. The molecule has 2 aromatic carbocycles. The van der Waals surface area contributed by atoms with Crippen LogP contribution in [0.3, 0.4) is 0 Å². The first-order chi connectivity index (χ1) is 15.1. The molecule has 1 amide bonds. The molecular formula is C24H23N5O2. The average molecular weight is 413 g/mol. The van der Waals surface area contributed by atoms with Crippen molar-refractivity contribution in [3.63, 3.8) is 0 Å². The van der Waals surface area contributed by atoms with Gasteiger partial charge in [-0.15, -0.1) is 0 Å². The summed E-state index contributed by atoms with van der Waals surface area (Å²) in [4.78, 5) is 20.1. The summed E-state index contributed by atoms with van der Waals surface area (Å²) in [5, 5.41) is 0.810. The van der Waals surface area contributed by atoms with Crippen LogP contribution in [0.4, 0.5) is 5.82 Å². The topological polar surface area (TPSA) is 109 Å². The summed E-state index contributed by atoms with van der Waals surface area (Å²) >= 11 is 0. The summed E-state index contributed by atoms with van der Waals surface area (Å²) in [6, 6.07) is 18.1. The number of aromatic nitrogens is 3. The second-order valence-electron chi connectivity index (χ2n) is 7.93. The number of primary amides is 1. The predicted molar refractivity (Wildman–Crippen MR) is 119 cm³/mol. The van der Waals surface area contributed by atoms with Crippen LogP contribution in [-0.2, 0) is 11.4 Å². The number of nitrogens with two attached hydrogens (primary N) is 2. The Labute approximate surface area is 179 Å². The number of benzene rings is 2. The first kappa shape index (κ1) is 19.1. The Kier molecular flexibility index (Phi) is 4.78. The first-order valence-electron chi connectivity index (χ1n) is 10.3. The molecule has 7 nitrogen and oxygen atoms in total. The van der Waals surface area contributed by atoms with Crippen molar-refractivity contribution in [3.8, 4) is 16.9 Å². The van der Waals surface area contributed by atoms with Crippen molar-refractivity contribution >= 4 is 22.8 Å². The monoisotopic (exact) mass is 413 g/mol. The van der Waals surface area contributed by atoms with Crippen molar-refractivity contribution in [3.05, 3.63) is 72.7 Å². The van der Waals surface area contributed by atoms with E-state index in [9.17, 15) is 4.79 Å². The lowest BCUT2D eigenvalue weighted by Crippen LogP contribution is -2.36. The summed E-state index contributed by atoms with van der Waals surface area (Å²) in [5.41, 5.74) is 15.5. The van der Waals surface area contributed by atoms with Gasteiger partial charge in [-0.25, -0.2) is 9.97 Å². The lowest BCUT2D eigenvalue weighted by molar-refractivity contribution is -0.125. The van der Waals surface area contributed by atoms with Crippen molar-refractivity contribution in [1.29, 1.82) is 0 Å². The van der Waals surface area contributed by atoms with E-state index in [4.69, 9.17) is 16.2 Å². The van der Waals surface area contributed by atoms with Crippen LogP contribution in [0.2, 0.25) is 0 Å². The van der Waals surface area contributed by atoms with E-state index in [0.29, 0.717) is 25.3 Å². The van der Waals surface area contributed by atoms with Gasteiger partial charge in [0.25, 0.3) is 0 Å². The Bertz CT molecular complexity index is 1250. The van der Waals surface area contributed by atoms with E-state index in [2.05, 4.69) is 14.5 Å². The number of anilines is 1. The highest BCUT2D eigenvalue weighted by Gasteiger charge is 2.35. The highest BCUT2D eigenvalue weighted by Crippen LogP contribution is 2.43. The van der Waals surface area contributed by atoms with Gasteiger partial charge in [0, 0.05) is 23.7 Å². The van der Waals surface area contributed by atoms with Crippen LogP contribution in [0.1, 0.15) is 24.4 Å². The molecule has 5 rings (SSSR count). The van der Waals surface area contributed by atoms with E-state index in [0.717, 1.165) is 33.5 Å². The van der Waals surface area contributed by atoms with E-state index < -0.39 is 0 Å². The van der Waals surface area contributed by atoms with Crippen molar-refractivity contribution in [2.24, 2.45) is 11.7 Å². The molecule has 31 heavy (non-hydrogen) atoms. The fourth-order valence-electron chi connectivity index (χ4n) is 4.15. The summed E-state index contributed by atoms with van der Waals surface area (Å²) in [6.07, 6.45) is 4.95. The number of rotatable bonds is 6. The zero-order chi connectivity index (χ0) is 21.4. The number of carbonyl (C=O) groups excluding carboxylic acids is 1. The predicted octanol–water partition coefficient (Wildman–Crippen LogP) is 3.70. The highest BCUT2D eigenvalue weighted by molar-refractivity contribution is 6.00.